The van der Waals surface area contributed by atoms with Crippen molar-refractivity contribution in [3.8, 4) is 0 Å². The van der Waals surface area contributed by atoms with Gasteiger partial charge in [-0.05, 0) is 30.7 Å². The summed E-state index contributed by atoms with van der Waals surface area (Å²) in [5.41, 5.74) is 0.413. The average Bonchev–Trinajstić information content (AvgIpc) is 3.04. The Balaban J connectivity index is 2.52. The molecule has 1 aliphatic rings. The Labute approximate surface area is 126 Å². The lowest BCUT2D eigenvalue weighted by Crippen LogP contribution is -2.40. The number of rotatable bonds is 4. The van der Waals surface area contributed by atoms with Gasteiger partial charge in [-0.2, -0.15) is 4.31 Å². The minimum Gasteiger partial charge on any atom is -0.480 e. The molecule has 1 aromatic rings. The lowest BCUT2D eigenvalue weighted by atomic mass is 10.2. The topological polar surface area (TPSA) is 101 Å². The summed E-state index contributed by atoms with van der Waals surface area (Å²) in [5, 5.41) is 10.7. The van der Waals surface area contributed by atoms with Gasteiger partial charge in [-0.3, -0.25) is 4.79 Å². The molecular formula is C12H15NO6S2. The number of aliphatic carboxylic acids is 1. The number of carboxylic acid groups (broad SMARTS) is 1. The van der Waals surface area contributed by atoms with E-state index in [-0.39, 0.29) is 22.7 Å². The highest BCUT2D eigenvalue weighted by Crippen LogP contribution is 2.33. The number of hydrogen-bond acceptors (Lipinski definition) is 6. The molecule has 1 atom stereocenters. The van der Waals surface area contributed by atoms with E-state index in [0.717, 1.165) is 15.6 Å². The number of sulfonamides is 1. The molecule has 1 unspecified atom stereocenters. The fourth-order valence-electron chi connectivity index (χ4n) is 2.38. The largest absolute Gasteiger partial charge is 0.480 e. The van der Waals surface area contributed by atoms with Gasteiger partial charge in [-0.1, -0.05) is 0 Å². The maximum atomic E-state index is 12.7. The first kappa shape index (κ1) is 15.9. The van der Waals surface area contributed by atoms with Crippen molar-refractivity contribution in [2.75, 3.05) is 13.7 Å². The number of nitrogens with zero attached hydrogens (tertiary/aromatic N) is 1. The molecule has 1 aromatic heterocycles. The zero-order valence-corrected chi connectivity index (χ0v) is 13.2. The van der Waals surface area contributed by atoms with Crippen LogP contribution in [-0.2, 0) is 19.6 Å². The SMILES string of the molecule is COC(=O)c1scc(C)c1S(=O)(=O)N1CCCC1C(=O)O. The van der Waals surface area contributed by atoms with Crippen molar-refractivity contribution >= 4 is 33.3 Å². The molecule has 116 valence electrons. The van der Waals surface area contributed by atoms with Crippen molar-refractivity contribution in [3.05, 3.63) is 15.8 Å². The minimum absolute atomic E-state index is 0.0222. The Bertz CT molecular complexity index is 678. The summed E-state index contributed by atoms with van der Waals surface area (Å²) in [6.07, 6.45) is 0.748. The van der Waals surface area contributed by atoms with Gasteiger partial charge in [0.2, 0.25) is 10.0 Å². The summed E-state index contributed by atoms with van der Waals surface area (Å²) in [5.74, 6) is -1.92. The molecule has 0 aromatic carbocycles. The highest BCUT2D eigenvalue weighted by atomic mass is 32.2. The summed E-state index contributed by atoms with van der Waals surface area (Å²) in [6, 6.07) is -1.08. The Morgan fingerprint density at radius 1 is 1.48 bits per heavy atom. The summed E-state index contributed by atoms with van der Waals surface area (Å²) in [4.78, 5) is 22.7. The van der Waals surface area contributed by atoms with Crippen molar-refractivity contribution in [1.82, 2.24) is 4.31 Å². The van der Waals surface area contributed by atoms with Crippen LogP contribution >= 0.6 is 11.3 Å². The molecule has 2 rings (SSSR count). The van der Waals surface area contributed by atoms with E-state index in [2.05, 4.69) is 4.74 Å². The molecule has 0 radical (unpaired) electrons. The summed E-state index contributed by atoms with van der Waals surface area (Å²) < 4.78 is 31.0. The maximum Gasteiger partial charge on any atom is 0.349 e. The van der Waals surface area contributed by atoms with Gasteiger partial charge in [0.25, 0.3) is 0 Å². The lowest BCUT2D eigenvalue weighted by Gasteiger charge is -2.21. The van der Waals surface area contributed by atoms with Crippen LogP contribution in [0.2, 0.25) is 0 Å². The van der Waals surface area contributed by atoms with Gasteiger partial charge in [0.1, 0.15) is 15.8 Å². The van der Waals surface area contributed by atoms with Crippen molar-refractivity contribution in [2.45, 2.75) is 30.7 Å². The van der Waals surface area contributed by atoms with Gasteiger partial charge in [0.15, 0.2) is 0 Å². The van der Waals surface area contributed by atoms with Crippen molar-refractivity contribution in [3.63, 3.8) is 0 Å². The number of carbonyl (C=O) groups excluding carboxylic acids is 1. The van der Waals surface area contributed by atoms with E-state index in [9.17, 15) is 18.0 Å². The molecule has 1 N–H and O–H groups in total. The van der Waals surface area contributed by atoms with Gasteiger partial charge in [-0.15, -0.1) is 11.3 Å². The van der Waals surface area contributed by atoms with Gasteiger partial charge < -0.3 is 9.84 Å². The number of methoxy groups -OCH3 is 1. The molecular weight excluding hydrogens is 318 g/mol. The Hall–Kier alpha value is -1.45. The molecule has 0 spiro atoms. The van der Waals surface area contributed by atoms with E-state index in [1.165, 1.54) is 7.11 Å². The van der Waals surface area contributed by atoms with E-state index in [0.29, 0.717) is 12.0 Å². The third-order valence-electron chi connectivity index (χ3n) is 3.34. The Kier molecular flexibility index (Phi) is 4.35. The fraction of sp³-hybridized carbons (Fsp3) is 0.500. The van der Waals surface area contributed by atoms with Crippen LogP contribution in [0.4, 0.5) is 0 Å². The zero-order valence-electron chi connectivity index (χ0n) is 11.5. The van der Waals surface area contributed by atoms with Crippen molar-refractivity contribution in [2.24, 2.45) is 0 Å². The van der Waals surface area contributed by atoms with Crippen LogP contribution in [0.25, 0.3) is 0 Å². The third kappa shape index (κ3) is 2.68. The number of carbonyl (C=O) groups is 2. The van der Waals surface area contributed by atoms with Gasteiger partial charge >= 0.3 is 11.9 Å². The minimum atomic E-state index is -4.04. The van der Waals surface area contributed by atoms with Crippen LogP contribution in [0.3, 0.4) is 0 Å². The lowest BCUT2D eigenvalue weighted by molar-refractivity contribution is -0.140. The molecule has 2 heterocycles. The second-order valence-electron chi connectivity index (χ2n) is 4.68. The molecule has 1 fully saturated rings. The predicted molar refractivity (Wildman–Crippen MR) is 74.9 cm³/mol. The van der Waals surface area contributed by atoms with Crippen LogP contribution in [0.15, 0.2) is 10.3 Å². The number of aryl methyl sites for hydroxylation is 1. The standard InChI is InChI=1S/C12H15NO6S2/c1-7-6-20-9(12(16)19-2)10(7)21(17,18)13-5-3-4-8(13)11(14)15/h6,8H,3-5H2,1-2H3,(H,14,15). The predicted octanol–water partition coefficient (Wildman–Crippen LogP) is 1.08. The van der Waals surface area contributed by atoms with Crippen LogP contribution in [0, 0.1) is 6.92 Å². The Morgan fingerprint density at radius 3 is 2.71 bits per heavy atom. The molecule has 21 heavy (non-hydrogen) atoms. The van der Waals surface area contributed by atoms with E-state index in [4.69, 9.17) is 5.11 Å². The first-order chi connectivity index (χ1) is 9.80. The average molecular weight is 333 g/mol. The molecule has 1 aliphatic heterocycles. The van der Waals surface area contributed by atoms with Crippen LogP contribution < -0.4 is 0 Å². The highest BCUT2D eigenvalue weighted by molar-refractivity contribution is 7.89. The first-order valence-corrected chi connectivity index (χ1v) is 8.53. The van der Waals surface area contributed by atoms with Crippen molar-refractivity contribution in [1.29, 1.82) is 0 Å². The molecule has 0 saturated carbocycles. The number of carboxylic acids is 1. The van der Waals surface area contributed by atoms with Crippen LogP contribution in [-0.4, -0.2) is 49.5 Å². The number of thiophene rings is 1. The van der Waals surface area contributed by atoms with Gasteiger partial charge in [0, 0.05) is 6.54 Å². The van der Waals surface area contributed by atoms with E-state index < -0.39 is 28.0 Å². The highest BCUT2D eigenvalue weighted by Gasteiger charge is 2.42. The van der Waals surface area contributed by atoms with Crippen molar-refractivity contribution < 1.29 is 27.9 Å². The number of hydrogen-bond donors (Lipinski definition) is 1. The quantitative estimate of drug-likeness (QED) is 0.828. The summed E-state index contributed by atoms with van der Waals surface area (Å²) in [6.45, 7) is 1.71. The maximum absolute atomic E-state index is 12.7. The molecule has 0 bridgehead atoms. The van der Waals surface area contributed by atoms with E-state index in [1.807, 2.05) is 0 Å². The normalized spacial score (nSPS) is 19.6. The summed E-state index contributed by atoms with van der Waals surface area (Å²) in [7, 11) is -2.87. The second kappa shape index (κ2) is 5.74. The number of esters is 1. The molecule has 1 saturated heterocycles. The van der Waals surface area contributed by atoms with Crippen LogP contribution in [0.5, 0.6) is 0 Å². The monoisotopic (exact) mass is 333 g/mol. The molecule has 0 amide bonds. The van der Waals surface area contributed by atoms with E-state index in [1.54, 1.807) is 12.3 Å². The molecule has 7 nitrogen and oxygen atoms in total. The first-order valence-electron chi connectivity index (χ1n) is 6.21. The number of ether oxygens (including phenoxy) is 1. The van der Waals surface area contributed by atoms with Gasteiger partial charge in [-0.25, -0.2) is 13.2 Å². The Morgan fingerprint density at radius 2 is 2.14 bits per heavy atom. The fourth-order valence-corrected chi connectivity index (χ4v) is 5.69. The smallest absolute Gasteiger partial charge is 0.349 e. The zero-order chi connectivity index (χ0) is 15.8. The summed E-state index contributed by atoms with van der Waals surface area (Å²) >= 11 is 0.976. The van der Waals surface area contributed by atoms with Crippen LogP contribution in [0.1, 0.15) is 28.1 Å². The van der Waals surface area contributed by atoms with Gasteiger partial charge in [0.05, 0.1) is 7.11 Å². The molecule has 9 heteroatoms. The second-order valence-corrected chi connectivity index (χ2v) is 7.39. The third-order valence-corrected chi connectivity index (χ3v) is 6.65. The van der Waals surface area contributed by atoms with E-state index >= 15 is 0 Å². The molecule has 0 aliphatic carbocycles.